The molecule has 4 N–H and O–H groups in total. The van der Waals surface area contributed by atoms with E-state index in [4.69, 9.17) is 14.9 Å². The van der Waals surface area contributed by atoms with Crippen LogP contribution in [0.25, 0.3) is 0 Å². The number of hydrogen-bond acceptors (Lipinski definition) is 5. The fourth-order valence-electron chi connectivity index (χ4n) is 1.41. The largest absolute Gasteiger partial charge is 0.480 e. The summed E-state index contributed by atoms with van der Waals surface area (Å²) in [6.45, 7) is 1.12. The predicted octanol–water partition coefficient (Wildman–Crippen LogP) is -2.07. The normalized spacial score (nSPS) is 22.4. The molecule has 7 nitrogen and oxygen atoms in total. The lowest BCUT2D eigenvalue weighted by atomic mass is 10.2. The molecule has 0 aromatic rings. The Labute approximate surface area is 92.8 Å². The van der Waals surface area contributed by atoms with Gasteiger partial charge in [0.05, 0.1) is 19.8 Å². The average Bonchev–Trinajstić information content (AvgIpc) is 2.27. The number of nitrogens with one attached hydrogen (secondary N) is 2. The molecular weight excluding hydrogens is 216 g/mol. The van der Waals surface area contributed by atoms with Crippen molar-refractivity contribution in [1.82, 2.24) is 10.6 Å². The Bertz CT molecular complexity index is 252. The van der Waals surface area contributed by atoms with Crippen molar-refractivity contribution in [3.05, 3.63) is 0 Å². The molecule has 1 amide bonds. The van der Waals surface area contributed by atoms with Crippen LogP contribution in [-0.2, 0) is 14.3 Å². The van der Waals surface area contributed by atoms with Crippen LogP contribution in [-0.4, -0.2) is 60.5 Å². The topological polar surface area (TPSA) is 108 Å². The zero-order valence-corrected chi connectivity index (χ0v) is 8.81. The second-order valence-electron chi connectivity index (χ2n) is 3.57. The van der Waals surface area contributed by atoms with E-state index in [9.17, 15) is 9.59 Å². The van der Waals surface area contributed by atoms with Crippen LogP contribution in [0.3, 0.4) is 0 Å². The first-order valence-electron chi connectivity index (χ1n) is 5.07. The van der Waals surface area contributed by atoms with Gasteiger partial charge < -0.3 is 25.6 Å². The molecule has 92 valence electrons. The number of aliphatic hydroxyl groups is 1. The molecule has 2 atom stereocenters. The molecule has 1 heterocycles. The number of aliphatic carboxylic acids is 1. The molecule has 0 aliphatic carbocycles. The zero-order valence-electron chi connectivity index (χ0n) is 8.81. The summed E-state index contributed by atoms with van der Waals surface area (Å²) >= 11 is 0. The highest BCUT2D eigenvalue weighted by Gasteiger charge is 2.22. The Morgan fingerprint density at radius 1 is 1.56 bits per heavy atom. The number of carboxylic acid groups (broad SMARTS) is 1. The van der Waals surface area contributed by atoms with Crippen molar-refractivity contribution in [1.29, 1.82) is 0 Å². The van der Waals surface area contributed by atoms with Gasteiger partial charge in [-0.3, -0.25) is 4.79 Å². The molecule has 0 aromatic heterocycles. The van der Waals surface area contributed by atoms with Crippen LogP contribution in [0.5, 0.6) is 0 Å². The maximum atomic E-state index is 11.4. The van der Waals surface area contributed by atoms with E-state index < -0.39 is 24.5 Å². The first-order valence-corrected chi connectivity index (χ1v) is 5.07. The molecular formula is C9H16N2O5. The third-order valence-electron chi connectivity index (χ3n) is 2.25. The highest BCUT2D eigenvalue weighted by atomic mass is 16.5. The van der Waals surface area contributed by atoms with Gasteiger partial charge in [-0.1, -0.05) is 0 Å². The molecule has 0 saturated carbocycles. The van der Waals surface area contributed by atoms with Gasteiger partial charge in [-0.05, 0) is 0 Å². The molecule has 1 unspecified atom stereocenters. The summed E-state index contributed by atoms with van der Waals surface area (Å²) in [6, 6.07) is -1.33. The molecule has 1 aliphatic rings. The summed E-state index contributed by atoms with van der Waals surface area (Å²) in [5, 5.41) is 22.6. The number of ether oxygens (including phenoxy) is 1. The fraction of sp³-hybridized carbons (Fsp3) is 0.778. The van der Waals surface area contributed by atoms with E-state index in [0.717, 1.165) is 0 Å². The smallest absolute Gasteiger partial charge is 0.328 e. The van der Waals surface area contributed by atoms with Crippen LogP contribution in [0.15, 0.2) is 0 Å². The van der Waals surface area contributed by atoms with E-state index in [2.05, 4.69) is 10.6 Å². The number of aliphatic hydroxyl groups excluding tert-OH is 1. The summed E-state index contributed by atoms with van der Waals surface area (Å²) in [7, 11) is 0. The summed E-state index contributed by atoms with van der Waals surface area (Å²) in [4.78, 5) is 21.9. The van der Waals surface area contributed by atoms with Gasteiger partial charge in [-0.15, -0.1) is 0 Å². The molecule has 0 aromatic carbocycles. The molecule has 1 fully saturated rings. The van der Waals surface area contributed by atoms with Crippen molar-refractivity contribution < 1.29 is 24.5 Å². The molecule has 16 heavy (non-hydrogen) atoms. The number of amides is 1. The number of carbonyl (C=O) groups excluding carboxylic acids is 1. The zero-order chi connectivity index (χ0) is 12.0. The quantitative estimate of drug-likeness (QED) is 0.433. The number of rotatable bonds is 5. The van der Waals surface area contributed by atoms with E-state index in [1.165, 1.54) is 0 Å². The fourth-order valence-corrected chi connectivity index (χ4v) is 1.41. The maximum Gasteiger partial charge on any atom is 0.328 e. The minimum absolute atomic E-state index is 0.0955. The molecule has 7 heteroatoms. The molecule has 0 bridgehead atoms. The van der Waals surface area contributed by atoms with E-state index in [1.54, 1.807) is 0 Å². The van der Waals surface area contributed by atoms with Crippen LogP contribution in [0.2, 0.25) is 0 Å². The molecule has 1 saturated heterocycles. The van der Waals surface area contributed by atoms with Gasteiger partial charge in [0, 0.05) is 19.0 Å². The first kappa shape index (κ1) is 12.9. The monoisotopic (exact) mass is 232 g/mol. The van der Waals surface area contributed by atoms with Crippen LogP contribution >= 0.6 is 0 Å². The van der Waals surface area contributed by atoms with E-state index in [-0.39, 0.29) is 12.5 Å². The van der Waals surface area contributed by atoms with Crippen LogP contribution in [0, 0.1) is 0 Å². The Balaban J connectivity index is 2.31. The van der Waals surface area contributed by atoms with Crippen molar-refractivity contribution in [2.45, 2.75) is 18.5 Å². The van der Waals surface area contributed by atoms with E-state index >= 15 is 0 Å². The highest BCUT2D eigenvalue weighted by Crippen LogP contribution is 1.98. The lowest BCUT2D eigenvalue weighted by Gasteiger charge is -2.23. The lowest BCUT2D eigenvalue weighted by molar-refractivity contribution is -0.143. The molecule has 1 rings (SSSR count). The van der Waals surface area contributed by atoms with Crippen molar-refractivity contribution in [3.63, 3.8) is 0 Å². The Hall–Kier alpha value is -1.18. The van der Waals surface area contributed by atoms with Gasteiger partial charge in [0.15, 0.2) is 0 Å². The second-order valence-corrected chi connectivity index (χ2v) is 3.57. The summed E-state index contributed by atoms with van der Waals surface area (Å²) < 4.78 is 5.15. The highest BCUT2D eigenvalue weighted by molar-refractivity contribution is 5.83. The Morgan fingerprint density at radius 3 is 2.81 bits per heavy atom. The van der Waals surface area contributed by atoms with Crippen LogP contribution in [0.1, 0.15) is 6.42 Å². The van der Waals surface area contributed by atoms with Gasteiger partial charge in [0.1, 0.15) is 6.04 Å². The third kappa shape index (κ3) is 4.13. The van der Waals surface area contributed by atoms with Crippen molar-refractivity contribution in [2.24, 2.45) is 0 Å². The van der Waals surface area contributed by atoms with Crippen molar-refractivity contribution in [2.75, 3.05) is 26.4 Å². The Kier molecular flexibility index (Phi) is 5.17. The lowest BCUT2D eigenvalue weighted by Crippen LogP contribution is -2.48. The number of morpholine rings is 1. The summed E-state index contributed by atoms with van der Waals surface area (Å²) in [5.74, 6) is -1.66. The van der Waals surface area contributed by atoms with Crippen LogP contribution in [0.4, 0.5) is 0 Å². The van der Waals surface area contributed by atoms with Crippen molar-refractivity contribution in [3.8, 4) is 0 Å². The van der Waals surface area contributed by atoms with Gasteiger partial charge in [0.25, 0.3) is 0 Å². The van der Waals surface area contributed by atoms with Gasteiger partial charge in [0.2, 0.25) is 5.91 Å². The second kappa shape index (κ2) is 6.41. The minimum atomic E-state index is -1.25. The minimum Gasteiger partial charge on any atom is -0.480 e. The first-order chi connectivity index (χ1) is 7.63. The van der Waals surface area contributed by atoms with E-state index in [1.807, 2.05) is 0 Å². The van der Waals surface area contributed by atoms with Crippen LogP contribution < -0.4 is 10.6 Å². The third-order valence-corrected chi connectivity index (χ3v) is 2.25. The van der Waals surface area contributed by atoms with Gasteiger partial charge in [-0.2, -0.15) is 0 Å². The Morgan fingerprint density at radius 2 is 2.31 bits per heavy atom. The standard InChI is InChI=1S/C9H16N2O5/c12-4-7(9(14)15)11-8(13)3-6-5-16-2-1-10-6/h6-7,10,12H,1-5H2,(H,11,13)(H,14,15)/t6?,7-/m0/s1. The number of carbonyl (C=O) groups is 2. The van der Waals surface area contributed by atoms with Gasteiger partial charge >= 0.3 is 5.97 Å². The average molecular weight is 232 g/mol. The van der Waals surface area contributed by atoms with Gasteiger partial charge in [-0.25, -0.2) is 4.79 Å². The van der Waals surface area contributed by atoms with E-state index in [0.29, 0.717) is 19.8 Å². The predicted molar refractivity (Wildman–Crippen MR) is 53.9 cm³/mol. The summed E-state index contributed by atoms with van der Waals surface area (Å²) in [6.07, 6.45) is 0.143. The molecule has 1 aliphatic heterocycles. The number of carboxylic acids is 1. The molecule has 0 spiro atoms. The number of hydrogen-bond donors (Lipinski definition) is 4. The summed E-state index contributed by atoms with van der Waals surface area (Å²) in [5.41, 5.74) is 0. The van der Waals surface area contributed by atoms with Crippen molar-refractivity contribution >= 4 is 11.9 Å². The SMILES string of the molecule is O=C(CC1COCCN1)N[C@@H](CO)C(=O)O. The maximum absolute atomic E-state index is 11.4. The molecule has 0 radical (unpaired) electrons.